The molecule has 3 aromatic heterocycles. The summed E-state index contributed by atoms with van der Waals surface area (Å²) in [6.45, 7) is 0. The predicted octanol–water partition coefficient (Wildman–Crippen LogP) is 3.45. The van der Waals surface area contributed by atoms with Crippen LogP contribution in [0.5, 0.6) is 0 Å². The SMILES string of the molecule is Brc1ccc2nccc(-c3ccncc3)c2n1. The Labute approximate surface area is 107 Å². The Morgan fingerprint density at radius 3 is 2.53 bits per heavy atom. The summed E-state index contributed by atoms with van der Waals surface area (Å²) in [6.07, 6.45) is 5.35. The molecule has 0 radical (unpaired) electrons. The third-order valence-corrected chi connectivity index (χ3v) is 2.98. The van der Waals surface area contributed by atoms with Gasteiger partial charge in [0.1, 0.15) is 4.60 Å². The van der Waals surface area contributed by atoms with E-state index in [4.69, 9.17) is 0 Å². The zero-order chi connectivity index (χ0) is 11.7. The normalized spacial score (nSPS) is 10.6. The van der Waals surface area contributed by atoms with E-state index < -0.39 is 0 Å². The largest absolute Gasteiger partial charge is 0.265 e. The van der Waals surface area contributed by atoms with Gasteiger partial charge in [-0.3, -0.25) is 9.97 Å². The number of nitrogens with zero attached hydrogens (tertiary/aromatic N) is 3. The quantitative estimate of drug-likeness (QED) is 0.643. The van der Waals surface area contributed by atoms with Crippen LogP contribution >= 0.6 is 15.9 Å². The van der Waals surface area contributed by atoms with E-state index in [-0.39, 0.29) is 0 Å². The smallest absolute Gasteiger partial charge is 0.106 e. The molecule has 3 rings (SSSR count). The van der Waals surface area contributed by atoms with E-state index in [0.29, 0.717) is 0 Å². The maximum atomic E-state index is 4.49. The van der Waals surface area contributed by atoms with Gasteiger partial charge in [0.15, 0.2) is 0 Å². The second kappa shape index (κ2) is 4.22. The van der Waals surface area contributed by atoms with Crippen LogP contribution in [0.15, 0.2) is 53.5 Å². The first-order valence-electron chi connectivity index (χ1n) is 5.16. The first kappa shape index (κ1) is 10.4. The van der Waals surface area contributed by atoms with Crippen molar-refractivity contribution in [2.24, 2.45) is 0 Å². The summed E-state index contributed by atoms with van der Waals surface area (Å²) < 4.78 is 0.813. The number of halogens is 1. The molecule has 4 heteroatoms. The van der Waals surface area contributed by atoms with E-state index in [9.17, 15) is 0 Å². The molecule has 0 saturated heterocycles. The summed E-state index contributed by atoms with van der Waals surface area (Å²) in [4.78, 5) is 12.8. The average Bonchev–Trinajstić information content (AvgIpc) is 2.39. The predicted molar refractivity (Wildman–Crippen MR) is 70.5 cm³/mol. The van der Waals surface area contributed by atoms with Gasteiger partial charge in [-0.2, -0.15) is 0 Å². The van der Waals surface area contributed by atoms with Crippen LogP contribution in [0.25, 0.3) is 22.2 Å². The topological polar surface area (TPSA) is 38.7 Å². The molecule has 0 saturated carbocycles. The fourth-order valence-electron chi connectivity index (χ4n) is 1.77. The highest BCUT2D eigenvalue weighted by Gasteiger charge is 2.05. The maximum Gasteiger partial charge on any atom is 0.106 e. The van der Waals surface area contributed by atoms with Crippen LogP contribution in [0.4, 0.5) is 0 Å². The number of hydrogen-bond donors (Lipinski definition) is 0. The minimum Gasteiger partial charge on any atom is -0.265 e. The van der Waals surface area contributed by atoms with Crippen LogP contribution in [0.1, 0.15) is 0 Å². The lowest BCUT2D eigenvalue weighted by molar-refractivity contribution is 1.29. The van der Waals surface area contributed by atoms with Crippen LogP contribution in [0.2, 0.25) is 0 Å². The molecule has 3 nitrogen and oxygen atoms in total. The summed E-state index contributed by atoms with van der Waals surface area (Å²) in [5, 5.41) is 0. The van der Waals surface area contributed by atoms with E-state index in [1.165, 1.54) is 0 Å². The summed E-state index contributed by atoms with van der Waals surface area (Å²) in [5.74, 6) is 0. The Morgan fingerprint density at radius 1 is 0.882 bits per heavy atom. The van der Waals surface area contributed by atoms with Gasteiger partial charge in [-0.1, -0.05) is 0 Å². The Morgan fingerprint density at radius 2 is 1.71 bits per heavy atom. The second-order valence-corrected chi connectivity index (χ2v) is 4.41. The lowest BCUT2D eigenvalue weighted by Crippen LogP contribution is -1.88. The Balaban J connectivity index is 2.33. The van der Waals surface area contributed by atoms with Crippen LogP contribution in [-0.2, 0) is 0 Å². The molecular formula is C13H8BrN3. The van der Waals surface area contributed by atoms with Gasteiger partial charge in [0, 0.05) is 24.2 Å². The van der Waals surface area contributed by atoms with Crippen LogP contribution < -0.4 is 0 Å². The highest BCUT2D eigenvalue weighted by Crippen LogP contribution is 2.26. The molecule has 0 aromatic carbocycles. The summed E-state index contributed by atoms with van der Waals surface area (Å²) in [5.41, 5.74) is 3.95. The van der Waals surface area contributed by atoms with Gasteiger partial charge in [-0.25, -0.2) is 4.98 Å². The molecule has 82 valence electrons. The van der Waals surface area contributed by atoms with E-state index in [2.05, 4.69) is 30.9 Å². The van der Waals surface area contributed by atoms with Crippen molar-refractivity contribution in [2.75, 3.05) is 0 Å². The summed E-state index contributed by atoms with van der Waals surface area (Å²) >= 11 is 3.39. The summed E-state index contributed by atoms with van der Waals surface area (Å²) in [7, 11) is 0. The van der Waals surface area contributed by atoms with E-state index in [1.54, 1.807) is 18.6 Å². The number of aromatic nitrogens is 3. The monoisotopic (exact) mass is 285 g/mol. The van der Waals surface area contributed by atoms with Crippen molar-refractivity contribution in [1.29, 1.82) is 0 Å². The molecule has 0 N–H and O–H groups in total. The molecule has 0 spiro atoms. The van der Waals surface area contributed by atoms with Crippen molar-refractivity contribution in [3.8, 4) is 11.1 Å². The zero-order valence-electron chi connectivity index (χ0n) is 8.84. The van der Waals surface area contributed by atoms with Crippen molar-refractivity contribution >= 4 is 27.0 Å². The fourth-order valence-corrected chi connectivity index (χ4v) is 2.08. The van der Waals surface area contributed by atoms with Gasteiger partial charge in [-0.05, 0) is 51.8 Å². The zero-order valence-corrected chi connectivity index (χ0v) is 10.4. The van der Waals surface area contributed by atoms with Crippen LogP contribution in [0.3, 0.4) is 0 Å². The van der Waals surface area contributed by atoms with Gasteiger partial charge >= 0.3 is 0 Å². The molecular weight excluding hydrogens is 278 g/mol. The van der Waals surface area contributed by atoms with Crippen molar-refractivity contribution in [3.63, 3.8) is 0 Å². The van der Waals surface area contributed by atoms with E-state index in [0.717, 1.165) is 26.8 Å². The molecule has 3 heterocycles. The van der Waals surface area contributed by atoms with Crippen LogP contribution in [0, 0.1) is 0 Å². The average molecular weight is 286 g/mol. The van der Waals surface area contributed by atoms with Crippen LogP contribution in [-0.4, -0.2) is 15.0 Å². The number of fused-ring (bicyclic) bond motifs is 1. The lowest BCUT2D eigenvalue weighted by Gasteiger charge is -2.05. The second-order valence-electron chi connectivity index (χ2n) is 3.60. The molecule has 0 aliphatic rings. The van der Waals surface area contributed by atoms with Crippen molar-refractivity contribution in [2.45, 2.75) is 0 Å². The van der Waals surface area contributed by atoms with E-state index in [1.807, 2.05) is 30.3 Å². The highest BCUT2D eigenvalue weighted by molar-refractivity contribution is 9.10. The first-order chi connectivity index (χ1) is 8.34. The molecule has 17 heavy (non-hydrogen) atoms. The Hall–Kier alpha value is -1.81. The summed E-state index contributed by atoms with van der Waals surface area (Å²) in [6, 6.07) is 9.76. The molecule has 0 aliphatic heterocycles. The van der Waals surface area contributed by atoms with Gasteiger partial charge in [-0.15, -0.1) is 0 Å². The van der Waals surface area contributed by atoms with Crippen molar-refractivity contribution in [3.05, 3.63) is 53.5 Å². The molecule has 0 atom stereocenters. The van der Waals surface area contributed by atoms with Gasteiger partial charge in [0.2, 0.25) is 0 Å². The highest BCUT2D eigenvalue weighted by atomic mass is 79.9. The van der Waals surface area contributed by atoms with Gasteiger partial charge in [0.05, 0.1) is 11.0 Å². The molecule has 0 fully saturated rings. The molecule has 0 aliphatic carbocycles. The maximum absolute atomic E-state index is 4.49. The third-order valence-electron chi connectivity index (χ3n) is 2.54. The number of pyridine rings is 3. The first-order valence-corrected chi connectivity index (χ1v) is 5.95. The molecule has 0 bridgehead atoms. The molecule has 0 unspecified atom stereocenters. The number of hydrogen-bond acceptors (Lipinski definition) is 3. The molecule has 0 amide bonds. The Bertz CT molecular complexity index is 668. The van der Waals surface area contributed by atoms with Crippen molar-refractivity contribution in [1.82, 2.24) is 15.0 Å². The third kappa shape index (κ3) is 1.91. The number of rotatable bonds is 1. The minimum atomic E-state index is 0.813. The molecule has 3 aromatic rings. The van der Waals surface area contributed by atoms with Gasteiger partial charge in [0.25, 0.3) is 0 Å². The van der Waals surface area contributed by atoms with Gasteiger partial charge < -0.3 is 0 Å². The minimum absolute atomic E-state index is 0.813. The standard InChI is InChI=1S/C13H8BrN3/c14-12-2-1-11-13(17-12)10(5-8-16-11)9-3-6-15-7-4-9/h1-8H. The lowest BCUT2D eigenvalue weighted by atomic mass is 10.1. The Kier molecular flexibility index (Phi) is 2.57. The van der Waals surface area contributed by atoms with Crippen molar-refractivity contribution < 1.29 is 0 Å². The van der Waals surface area contributed by atoms with E-state index >= 15 is 0 Å². The fraction of sp³-hybridized carbons (Fsp3) is 0.